The molecule has 0 radical (unpaired) electrons. The third kappa shape index (κ3) is 4.65. The number of benzene rings is 1. The van der Waals surface area contributed by atoms with Gasteiger partial charge in [-0.05, 0) is 24.1 Å². The quantitative estimate of drug-likeness (QED) is 0.910. The van der Waals surface area contributed by atoms with Crippen LogP contribution in [0.5, 0.6) is 0 Å². The van der Waals surface area contributed by atoms with Crippen LogP contribution in [-0.2, 0) is 16.4 Å². The van der Waals surface area contributed by atoms with Crippen LogP contribution in [0.2, 0.25) is 0 Å². The van der Waals surface area contributed by atoms with E-state index >= 15 is 0 Å². The molecule has 1 heterocycles. The molecular formula is C13H13BrN2O2S. The maximum atomic E-state index is 11.9. The minimum absolute atomic E-state index is 0.0329. The molecule has 4 nitrogen and oxygen atoms in total. The maximum absolute atomic E-state index is 11.9. The van der Waals surface area contributed by atoms with Crippen LogP contribution >= 0.6 is 15.9 Å². The van der Waals surface area contributed by atoms with Gasteiger partial charge in [-0.25, -0.2) is 13.4 Å². The van der Waals surface area contributed by atoms with Crippen LogP contribution < -0.4 is 4.72 Å². The summed E-state index contributed by atoms with van der Waals surface area (Å²) < 4.78 is 27.1. The van der Waals surface area contributed by atoms with Gasteiger partial charge < -0.3 is 0 Å². The molecular weight excluding hydrogens is 328 g/mol. The van der Waals surface area contributed by atoms with E-state index < -0.39 is 10.0 Å². The van der Waals surface area contributed by atoms with Crippen LogP contribution in [0.1, 0.15) is 5.56 Å². The molecule has 1 aromatic heterocycles. The maximum Gasteiger partial charge on any atom is 0.234 e. The van der Waals surface area contributed by atoms with Crippen LogP contribution in [0.15, 0.2) is 53.1 Å². The van der Waals surface area contributed by atoms with Gasteiger partial charge in [0, 0.05) is 10.7 Å². The molecule has 0 spiro atoms. The average Bonchev–Trinajstić information content (AvgIpc) is 2.37. The number of sulfonamides is 1. The van der Waals surface area contributed by atoms with Crippen molar-refractivity contribution < 1.29 is 8.42 Å². The zero-order valence-corrected chi connectivity index (χ0v) is 12.5. The second kappa shape index (κ2) is 6.16. The number of hydrogen-bond acceptors (Lipinski definition) is 3. The highest BCUT2D eigenvalue weighted by Gasteiger charge is 2.11. The summed E-state index contributed by atoms with van der Waals surface area (Å²) in [7, 11) is -3.38. The molecule has 6 heteroatoms. The number of pyridine rings is 1. The first-order valence-electron chi connectivity index (χ1n) is 5.71. The van der Waals surface area contributed by atoms with Crippen LogP contribution in [0.25, 0.3) is 0 Å². The Labute approximate surface area is 121 Å². The molecule has 0 unspecified atom stereocenters. The molecule has 0 aliphatic rings. The summed E-state index contributed by atoms with van der Waals surface area (Å²) >= 11 is 3.27. The fourth-order valence-corrected chi connectivity index (χ4v) is 2.94. The van der Waals surface area contributed by atoms with Crippen LogP contribution in [-0.4, -0.2) is 19.2 Å². The molecule has 1 N–H and O–H groups in total. The molecule has 0 bridgehead atoms. The summed E-state index contributed by atoms with van der Waals surface area (Å²) in [5.74, 6) is 0.355. The first-order valence-corrected chi connectivity index (χ1v) is 8.16. The number of aryl methyl sites for hydroxylation is 1. The molecule has 2 rings (SSSR count). The van der Waals surface area contributed by atoms with Gasteiger partial charge in [0.2, 0.25) is 10.0 Å². The number of aromatic nitrogens is 1. The molecule has 1 aromatic carbocycles. The van der Waals surface area contributed by atoms with Gasteiger partial charge in [-0.15, -0.1) is 0 Å². The van der Waals surface area contributed by atoms with E-state index in [1.807, 2.05) is 30.3 Å². The number of rotatable bonds is 5. The van der Waals surface area contributed by atoms with Gasteiger partial charge in [-0.3, -0.25) is 4.72 Å². The first kappa shape index (κ1) is 14.0. The number of hydrogen-bond donors (Lipinski definition) is 1. The zero-order valence-electron chi connectivity index (χ0n) is 10.1. The lowest BCUT2D eigenvalue weighted by molar-refractivity contribution is 0.600. The van der Waals surface area contributed by atoms with Crippen molar-refractivity contribution >= 4 is 31.8 Å². The molecule has 100 valence electrons. The third-order valence-electron chi connectivity index (χ3n) is 2.48. The van der Waals surface area contributed by atoms with Gasteiger partial charge in [0.1, 0.15) is 5.82 Å². The second-order valence-corrected chi connectivity index (χ2v) is 6.77. The minimum atomic E-state index is -3.38. The Morgan fingerprint density at radius 3 is 2.58 bits per heavy atom. The molecule has 0 saturated carbocycles. The normalized spacial score (nSPS) is 11.2. The van der Waals surface area contributed by atoms with Crippen LogP contribution in [0.3, 0.4) is 0 Å². The topological polar surface area (TPSA) is 59.1 Å². The summed E-state index contributed by atoms with van der Waals surface area (Å²) in [5.41, 5.74) is 0.995. The molecule has 0 aliphatic carbocycles. The van der Waals surface area contributed by atoms with Crippen molar-refractivity contribution in [1.82, 2.24) is 4.98 Å². The highest BCUT2D eigenvalue weighted by molar-refractivity contribution is 9.10. The van der Waals surface area contributed by atoms with E-state index in [1.165, 1.54) is 0 Å². The fourth-order valence-electron chi connectivity index (χ4n) is 1.57. The van der Waals surface area contributed by atoms with Crippen molar-refractivity contribution in [2.24, 2.45) is 0 Å². The molecule has 0 fully saturated rings. The molecule has 0 atom stereocenters. The monoisotopic (exact) mass is 340 g/mol. The van der Waals surface area contributed by atoms with Crippen LogP contribution in [0, 0.1) is 0 Å². The standard InChI is InChI=1S/C13H13BrN2O2S/c14-12-6-8-15-13(10-12)16-19(17,18)9-7-11-4-2-1-3-5-11/h1-6,8,10H,7,9H2,(H,15,16). The molecule has 2 aromatic rings. The van der Waals surface area contributed by atoms with E-state index in [4.69, 9.17) is 0 Å². The molecule has 0 amide bonds. The van der Waals surface area contributed by atoms with Gasteiger partial charge in [-0.1, -0.05) is 46.3 Å². The summed E-state index contributed by atoms with van der Waals surface area (Å²) in [6, 6.07) is 12.9. The van der Waals surface area contributed by atoms with Gasteiger partial charge in [0.15, 0.2) is 0 Å². The van der Waals surface area contributed by atoms with Crippen LogP contribution in [0.4, 0.5) is 5.82 Å². The van der Waals surface area contributed by atoms with E-state index in [0.29, 0.717) is 12.2 Å². The Hall–Kier alpha value is -1.40. The Morgan fingerprint density at radius 1 is 1.16 bits per heavy atom. The Kier molecular flexibility index (Phi) is 4.55. The third-order valence-corrected chi connectivity index (χ3v) is 4.24. The van der Waals surface area contributed by atoms with E-state index in [1.54, 1.807) is 18.3 Å². The highest BCUT2D eigenvalue weighted by atomic mass is 79.9. The average molecular weight is 341 g/mol. The van der Waals surface area contributed by atoms with Crippen molar-refractivity contribution in [3.63, 3.8) is 0 Å². The van der Waals surface area contributed by atoms with Crippen molar-refractivity contribution in [1.29, 1.82) is 0 Å². The molecule has 19 heavy (non-hydrogen) atoms. The number of nitrogens with zero attached hydrogens (tertiary/aromatic N) is 1. The number of halogens is 1. The first-order chi connectivity index (χ1) is 9.05. The van der Waals surface area contributed by atoms with Crippen molar-refractivity contribution in [3.8, 4) is 0 Å². The second-order valence-electron chi connectivity index (χ2n) is 4.02. The SMILES string of the molecule is O=S(=O)(CCc1ccccc1)Nc1cc(Br)ccn1. The highest BCUT2D eigenvalue weighted by Crippen LogP contribution is 2.14. The van der Waals surface area contributed by atoms with Gasteiger partial charge in [0.05, 0.1) is 5.75 Å². The fraction of sp³-hybridized carbons (Fsp3) is 0.154. The van der Waals surface area contributed by atoms with E-state index in [-0.39, 0.29) is 5.75 Å². The predicted molar refractivity (Wildman–Crippen MR) is 79.5 cm³/mol. The van der Waals surface area contributed by atoms with Crippen molar-refractivity contribution in [2.75, 3.05) is 10.5 Å². The lowest BCUT2D eigenvalue weighted by atomic mass is 10.2. The Bertz CT molecular complexity index is 645. The Balaban J connectivity index is 1.99. The molecule has 0 aliphatic heterocycles. The lowest BCUT2D eigenvalue weighted by Crippen LogP contribution is -2.18. The van der Waals surface area contributed by atoms with Gasteiger partial charge in [-0.2, -0.15) is 0 Å². The molecule has 0 saturated heterocycles. The van der Waals surface area contributed by atoms with Gasteiger partial charge >= 0.3 is 0 Å². The minimum Gasteiger partial charge on any atom is -0.267 e. The largest absolute Gasteiger partial charge is 0.267 e. The number of nitrogens with one attached hydrogen (secondary N) is 1. The summed E-state index contributed by atoms with van der Waals surface area (Å²) in [5, 5.41) is 0. The lowest BCUT2D eigenvalue weighted by Gasteiger charge is -2.07. The van der Waals surface area contributed by atoms with Crippen molar-refractivity contribution in [2.45, 2.75) is 6.42 Å². The Morgan fingerprint density at radius 2 is 1.89 bits per heavy atom. The summed E-state index contributed by atoms with van der Waals surface area (Å²) in [4.78, 5) is 3.96. The summed E-state index contributed by atoms with van der Waals surface area (Å²) in [6.45, 7) is 0. The smallest absolute Gasteiger partial charge is 0.234 e. The van der Waals surface area contributed by atoms with E-state index in [0.717, 1.165) is 10.0 Å². The predicted octanol–water partition coefficient (Wildman–Crippen LogP) is 2.83. The summed E-state index contributed by atoms with van der Waals surface area (Å²) in [6.07, 6.45) is 2.02. The van der Waals surface area contributed by atoms with Gasteiger partial charge in [0.25, 0.3) is 0 Å². The van der Waals surface area contributed by atoms with E-state index in [2.05, 4.69) is 25.6 Å². The zero-order chi connectivity index (χ0) is 13.7. The van der Waals surface area contributed by atoms with Crippen molar-refractivity contribution in [3.05, 3.63) is 58.7 Å². The number of anilines is 1. The van der Waals surface area contributed by atoms with E-state index in [9.17, 15) is 8.42 Å².